The molecule has 0 spiro atoms. The highest BCUT2D eigenvalue weighted by atomic mass is 32.2. The fourth-order valence-corrected chi connectivity index (χ4v) is 5.09. The summed E-state index contributed by atoms with van der Waals surface area (Å²) in [4.78, 5) is 11.8. The molecule has 1 aromatic rings. The predicted octanol–water partition coefficient (Wildman–Crippen LogP) is 0.799. The van der Waals surface area contributed by atoms with Crippen LogP contribution >= 0.6 is 11.8 Å². The summed E-state index contributed by atoms with van der Waals surface area (Å²) < 4.78 is 24.9. The molecule has 2 atom stereocenters. The Kier molecular flexibility index (Phi) is 6.07. The molecular weight excluding hydrogens is 336 g/mol. The third kappa shape index (κ3) is 5.20. The van der Waals surface area contributed by atoms with Gasteiger partial charge in [-0.3, -0.25) is 4.79 Å². The molecule has 0 bridgehead atoms. The largest absolute Gasteiger partial charge is 0.353 e. The van der Waals surface area contributed by atoms with Crippen molar-refractivity contribution in [1.29, 1.82) is 0 Å². The van der Waals surface area contributed by atoms with E-state index in [0.717, 1.165) is 12.2 Å². The summed E-state index contributed by atoms with van der Waals surface area (Å²) >= 11 is 1.35. The van der Waals surface area contributed by atoms with Crippen LogP contribution in [0.3, 0.4) is 0 Å². The van der Waals surface area contributed by atoms with Crippen LogP contribution in [-0.2, 0) is 28.1 Å². The summed E-state index contributed by atoms with van der Waals surface area (Å²) in [6.07, 6.45) is 2.20. The Labute approximate surface area is 141 Å². The summed E-state index contributed by atoms with van der Waals surface area (Å²) in [5, 5.41) is 11.9. The van der Waals surface area contributed by atoms with Gasteiger partial charge in [-0.05, 0) is 25.7 Å². The Bertz CT molecular complexity index is 657. The van der Waals surface area contributed by atoms with Gasteiger partial charge in [-0.1, -0.05) is 18.7 Å². The number of nitrogens with one attached hydrogen (secondary N) is 1. The van der Waals surface area contributed by atoms with E-state index in [1.807, 2.05) is 25.5 Å². The number of aromatic nitrogens is 3. The van der Waals surface area contributed by atoms with Gasteiger partial charge in [0.25, 0.3) is 0 Å². The number of hydrogen-bond donors (Lipinski definition) is 1. The molecule has 1 amide bonds. The number of amides is 1. The molecule has 1 saturated heterocycles. The fourth-order valence-electron chi connectivity index (χ4n) is 2.49. The minimum atomic E-state index is -2.87. The maximum Gasteiger partial charge on any atom is 0.230 e. The van der Waals surface area contributed by atoms with Crippen LogP contribution in [0.15, 0.2) is 5.16 Å². The summed E-state index contributed by atoms with van der Waals surface area (Å²) in [6.45, 7) is 3.99. The highest BCUT2D eigenvalue weighted by molar-refractivity contribution is 7.99. The van der Waals surface area contributed by atoms with Gasteiger partial charge in [0.15, 0.2) is 15.0 Å². The van der Waals surface area contributed by atoms with Gasteiger partial charge in [-0.25, -0.2) is 8.42 Å². The molecule has 130 valence electrons. The molecule has 2 rings (SSSR count). The summed E-state index contributed by atoms with van der Waals surface area (Å²) in [6, 6.07) is 0.169. The van der Waals surface area contributed by atoms with Crippen molar-refractivity contribution in [1.82, 2.24) is 20.1 Å². The molecule has 9 heteroatoms. The molecule has 23 heavy (non-hydrogen) atoms. The van der Waals surface area contributed by atoms with Crippen LogP contribution in [0.4, 0.5) is 0 Å². The van der Waals surface area contributed by atoms with E-state index in [9.17, 15) is 13.2 Å². The molecule has 7 nitrogen and oxygen atoms in total. The summed E-state index contributed by atoms with van der Waals surface area (Å²) in [5.74, 6) is 1.68. The van der Waals surface area contributed by atoms with E-state index in [4.69, 9.17) is 0 Å². The van der Waals surface area contributed by atoms with E-state index in [0.29, 0.717) is 23.8 Å². The zero-order chi connectivity index (χ0) is 17.0. The monoisotopic (exact) mass is 360 g/mol. The normalized spacial score (nSPS) is 21.3. The molecule has 1 N–H and O–H groups in total. The number of carbonyl (C=O) groups excluding carboxylic acids is 1. The van der Waals surface area contributed by atoms with Gasteiger partial charge >= 0.3 is 0 Å². The topological polar surface area (TPSA) is 94.0 Å². The molecule has 1 aliphatic rings. The lowest BCUT2D eigenvalue weighted by Gasteiger charge is -2.11. The lowest BCUT2D eigenvalue weighted by Crippen LogP contribution is -2.33. The predicted molar refractivity (Wildman–Crippen MR) is 90.1 cm³/mol. The molecule has 0 radical (unpaired) electrons. The third-order valence-corrected chi connectivity index (χ3v) is 6.93. The van der Waals surface area contributed by atoms with Gasteiger partial charge in [-0.2, -0.15) is 0 Å². The number of thioether (sulfide) groups is 1. The van der Waals surface area contributed by atoms with Crippen molar-refractivity contribution in [2.24, 2.45) is 13.0 Å². The highest BCUT2D eigenvalue weighted by Crippen LogP contribution is 2.23. The van der Waals surface area contributed by atoms with Gasteiger partial charge in [0.1, 0.15) is 5.82 Å². The minimum Gasteiger partial charge on any atom is -0.353 e. The van der Waals surface area contributed by atoms with Crippen molar-refractivity contribution in [2.75, 3.05) is 17.3 Å². The van der Waals surface area contributed by atoms with E-state index < -0.39 is 9.84 Å². The average Bonchev–Trinajstić information content (AvgIpc) is 3.00. The maximum atomic E-state index is 11.8. The number of sulfone groups is 1. The summed E-state index contributed by atoms with van der Waals surface area (Å²) in [5.41, 5.74) is 0. The Balaban J connectivity index is 1.88. The van der Waals surface area contributed by atoms with Gasteiger partial charge in [0.05, 0.1) is 17.3 Å². The number of rotatable bonds is 7. The van der Waals surface area contributed by atoms with Crippen LogP contribution in [0.25, 0.3) is 0 Å². The van der Waals surface area contributed by atoms with Crippen molar-refractivity contribution < 1.29 is 13.2 Å². The lowest BCUT2D eigenvalue weighted by molar-refractivity contribution is -0.119. The molecule has 2 heterocycles. The van der Waals surface area contributed by atoms with Crippen molar-refractivity contribution >= 4 is 27.5 Å². The van der Waals surface area contributed by atoms with Gasteiger partial charge < -0.3 is 9.88 Å². The van der Waals surface area contributed by atoms with Gasteiger partial charge in [0.2, 0.25) is 5.91 Å². The van der Waals surface area contributed by atoms with Crippen molar-refractivity contribution in [3.63, 3.8) is 0 Å². The van der Waals surface area contributed by atoms with Crippen molar-refractivity contribution in [3.05, 3.63) is 5.82 Å². The Hall–Kier alpha value is -1.09. The van der Waals surface area contributed by atoms with Crippen molar-refractivity contribution in [2.45, 2.75) is 44.3 Å². The summed E-state index contributed by atoms with van der Waals surface area (Å²) in [7, 11) is -1.02. The molecule has 1 aliphatic heterocycles. The first-order chi connectivity index (χ1) is 10.8. The Morgan fingerprint density at radius 1 is 1.48 bits per heavy atom. The van der Waals surface area contributed by atoms with E-state index in [1.54, 1.807) is 0 Å². The average molecular weight is 361 g/mol. The van der Waals surface area contributed by atoms with Gasteiger partial charge in [-0.15, -0.1) is 10.2 Å². The van der Waals surface area contributed by atoms with E-state index in [-0.39, 0.29) is 29.4 Å². The Morgan fingerprint density at radius 2 is 2.22 bits per heavy atom. The number of nitrogens with zero attached hydrogens (tertiary/aromatic N) is 3. The standard InChI is InChI=1S/C14H24N4O3S2/c1-4-10(2)15-13(19)8-22-14-17-16-12(18(14)3)7-11-5-6-23(20,21)9-11/h10-11H,4-9H2,1-3H3,(H,15,19)/t10-,11-/m1/s1. The van der Waals surface area contributed by atoms with Crippen molar-refractivity contribution in [3.8, 4) is 0 Å². The number of carbonyl (C=O) groups is 1. The first-order valence-electron chi connectivity index (χ1n) is 7.81. The lowest BCUT2D eigenvalue weighted by atomic mass is 10.1. The quantitative estimate of drug-likeness (QED) is 0.723. The zero-order valence-electron chi connectivity index (χ0n) is 13.8. The maximum absolute atomic E-state index is 11.8. The first-order valence-corrected chi connectivity index (χ1v) is 10.6. The molecule has 1 aromatic heterocycles. The Morgan fingerprint density at radius 3 is 2.83 bits per heavy atom. The second-order valence-corrected chi connectivity index (χ2v) is 9.27. The molecule has 0 aromatic carbocycles. The van der Waals surface area contributed by atoms with E-state index in [1.165, 1.54) is 11.8 Å². The number of hydrogen-bond acceptors (Lipinski definition) is 6. The smallest absolute Gasteiger partial charge is 0.230 e. The molecule has 0 saturated carbocycles. The molecule has 0 aliphatic carbocycles. The van der Waals surface area contributed by atoms with Crippen LogP contribution in [0, 0.1) is 5.92 Å². The van der Waals surface area contributed by atoms with Crippen LogP contribution in [0.5, 0.6) is 0 Å². The SMILES string of the molecule is CC[C@@H](C)NC(=O)CSc1nnc(C[C@H]2CCS(=O)(=O)C2)n1C. The second kappa shape index (κ2) is 7.65. The highest BCUT2D eigenvalue weighted by Gasteiger charge is 2.29. The van der Waals surface area contributed by atoms with Crippen LogP contribution in [-0.4, -0.2) is 52.4 Å². The molecule has 0 unspecified atom stereocenters. The van der Waals surface area contributed by atoms with Gasteiger partial charge in [0, 0.05) is 19.5 Å². The van der Waals surface area contributed by atoms with Crippen LogP contribution in [0.2, 0.25) is 0 Å². The second-order valence-electron chi connectivity index (χ2n) is 6.10. The fraction of sp³-hybridized carbons (Fsp3) is 0.786. The molecular formula is C14H24N4O3S2. The minimum absolute atomic E-state index is 0.0178. The zero-order valence-corrected chi connectivity index (χ0v) is 15.4. The van der Waals surface area contributed by atoms with E-state index >= 15 is 0 Å². The van der Waals surface area contributed by atoms with Crippen LogP contribution < -0.4 is 5.32 Å². The van der Waals surface area contributed by atoms with E-state index in [2.05, 4.69) is 15.5 Å². The first kappa shape index (κ1) is 18.3. The van der Waals surface area contributed by atoms with Crippen LogP contribution in [0.1, 0.15) is 32.5 Å². The third-order valence-electron chi connectivity index (χ3n) is 4.08. The molecule has 1 fully saturated rings.